The van der Waals surface area contributed by atoms with Crippen LogP contribution in [0.4, 0.5) is 0 Å². The maximum atomic E-state index is 13.0. The Bertz CT molecular complexity index is 753. The number of carboxylic acids is 1. The van der Waals surface area contributed by atoms with Gasteiger partial charge in [0.2, 0.25) is 11.8 Å². The average Bonchev–Trinajstić information content (AvgIpc) is 2.69. The molecule has 7 nitrogen and oxygen atoms in total. The van der Waals surface area contributed by atoms with Crippen LogP contribution >= 0.6 is 11.8 Å². The van der Waals surface area contributed by atoms with Crippen molar-refractivity contribution in [3.63, 3.8) is 0 Å². The van der Waals surface area contributed by atoms with E-state index in [1.807, 2.05) is 19.9 Å². The van der Waals surface area contributed by atoms with Gasteiger partial charge in [0.05, 0.1) is 11.3 Å². The monoisotopic (exact) mass is 420 g/mol. The first-order chi connectivity index (χ1) is 13.8. The fourth-order valence-electron chi connectivity index (χ4n) is 3.23. The van der Waals surface area contributed by atoms with Crippen molar-refractivity contribution in [1.29, 1.82) is 0 Å². The molecule has 1 aliphatic rings. The largest absolute Gasteiger partial charge is 0.479 e. The van der Waals surface area contributed by atoms with Crippen LogP contribution in [0.25, 0.3) is 0 Å². The number of amides is 2. The Hall–Kier alpha value is -2.32. The molecule has 8 heteroatoms. The predicted octanol–water partition coefficient (Wildman–Crippen LogP) is 2.01. The van der Waals surface area contributed by atoms with Crippen LogP contribution in [0.1, 0.15) is 32.8 Å². The Kier molecular flexibility index (Phi) is 8.28. The zero-order valence-corrected chi connectivity index (χ0v) is 17.6. The van der Waals surface area contributed by atoms with Crippen molar-refractivity contribution < 1.29 is 24.6 Å². The summed E-state index contributed by atoms with van der Waals surface area (Å²) in [6.45, 7) is 5.69. The van der Waals surface area contributed by atoms with Crippen molar-refractivity contribution in [1.82, 2.24) is 10.2 Å². The van der Waals surface area contributed by atoms with Crippen LogP contribution in [0.3, 0.4) is 0 Å². The number of benzene rings is 1. The number of aliphatic hydroxyl groups is 1. The van der Waals surface area contributed by atoms with Crippen LogP contribution in [0, 0.1) is 5.92 Å². The number of hydrogen-bond donors (Lipinski definition) is 3. The van der Waals surface area contributed by atoms with Crippen molar-refractivity contribution in [3.8, 4) is 0 Å². The Morgan fingerprint density at radius 3 is 2.45 bits per heavy atom. The first-order valence-corrected chi connectivity index (χ1v) is 10.6. The predicted molar refractivity (Wildman–Crippen MR) is 112 cm³/mol. The number of carbonyl (C=O) groups excluding carboxylic acids is 2. The second kappa shape index (κ2) is 10.5. The Morgan fingerprint density at radius 2 is 1.90 bits per heavy atom. The quantitative estimate of drug-likeness (QED) is 0.564. The number of thioether (sulfide) groups is 1. The van der Waals surface area contributed by atoms with E-state index in [1.54, 1.807) is 42.8 Å². The molecule has 0 fully saturated rings. The lowest BCUT2D eigenvalue weighted by atomic mass is 10.00. The van der Waals surface area contributed by atoms with Gasteiger partial charge >= 0.3 is 5.97 Å². The van der Waals surface area contributed by atoms with Crippen LogP contribution < -0.4 is 5.32 Å². The van der Waals surface area contributed by atoms with Gasteiger partial charge in [0.25, 0.3) is 0 Å². The second-order valence-electron chi connectivity index (χ2n) is 7.34. The molecule has 2 amide bonds. The van der Waals surface area contributed by atoms with E-state index in [1.165, 1.54) is 16.7 Å². The minimum absolute atomic E-state index is 0.111. The van der Waals surface area contributed by atoms with E-state index in [0.717, 1.165) is 5.56 Å². The van der Waals surface area contributed by atoms with E-state index in [-0.39, 0.29) is 23.5 Å². The summed E-state index contributed by atoms with van der Waals surface area (Å²) in [5.74, 6) is -1.93. The number of rotatable bonds is 9. The van der Waals surface area contributed by atoms with E-state index in [0.29, 0.717) is 6.42 Å². The molecule has 1 aromatic rings. The number of nitrogens with zero attached hydrogens (tertiary/aromatic N) is 1. The molecule has 29 heavy (non-hydrogen) atoms. The minimum atomic E-state index is -1.76. The Morgan fingerprint density at radius 1 is 1.24 bits per heavy atom. The second-order valence-corrected chi connectivity index (χ2v) is 8.40. The fraction of sp³-hybridized carbons (Fsp3) is 0.476. The van der Waals surface area contributed by atoms with Gasteiger partial charge in [0.15, 0.2) is 6.10 Å². The maximum absolute atomic E-state index is 13.0. The summed E-state index contributed by atoms with van der Waals surface area (Å²) < 4.78 is 0. The highest BCUT2D eigenvalue weighted by molar-refractivity contribution is 8.03. The SMILES string of the molecule is CCC(C(=O)N[C@@H](Cc1ccccc1)C(O)C(=O)O)N1C=CSC(C(C)C)C1=O. The summed E-state index contributed by atoms with van der Waals surface area (Å²) in [5.41, 5.74) is 0.788. The average molecular weight is 421 g/mol. The standard InChI is InChI=1S/C21H28N2O5S/c1-4-16(23-10-11-29-18(13(2)3)20(23)26)19(25)22-15(17(24)21(27)28)12-14-8-6-5-7-9-14/h5-11,13,15-18,24H,4,12H2,1-3H3,(H,22,25)(H,27,28)/t15-,16?,17?,18?/m0/s1. The van der Waals surface area contributed by atoms with E-state index < -0.39 is 30.1 Å². The lowest BCUT2D eigenvalue weighted by Crippen LogP contribution is -2.56. The summed E-state index contributed by atoms with van der Waals surface area (Å²) in [7, 11) is 0. The van der Waals surface area contributed by atoms with Crippen LogP contribution in [0.2, 0.25) is 0 Å². The van der Waals surface area contributed by atoms with Gasteiger partial charge in [0.1, 0.15) is 6.04 Å². The number of aliphatic hydroxyl groups excluding tert-OH is 1. The lowest BCUT2D eigenvalue weighted by Gasteiger charge is -2.35. The molecule has 1 aliphatic heterocycles. The smallest absolute Gasteiger partial charge is 0.334 e. The maximum Gasteiger partial charge on any atom is 0.334 e. The highest BCUT2D eigenvalue weighted by Crippen LogP contribution is 2.29. The number of aliphatic carboxylic acids is 1. The third kappa shape index (κ3) is 5.83. The molecule has 1 aromatic carbocycles. The topological polar surface area (TPSA) is 107 Å². The summed E-state index contributed by atoms with van der Waals surface area (Å²) in [6, 6.07) is 7.23. The number of carbonyl (C=O) groups is 3. The molecule has 0 bridgehead atoms. The molecule has 4 atom stereocenters. The molecule has 1 heterocycles. The molecule has 0 radical (unpaired) electrons. The van der Waals surface area contributed by atoms with Crippen LogP contribution in [0.5, 0.6) is 0 Å². The van der Waals surface area contributed by atoms with Gasteiger partial charge in [-0.2, -0.15) is 0 Å². The molecule has 0 saturated heterocycles. The summed E-state index contributed by atoms with van der Waals surface area (Å²) in [6.07, 6.45) is 0.353. The third-order valence-electron chi connectivity index (χ3n) is 4.84. The molecular weight excluding hydrogens is 392 g/mol. The van der Waals surface area contributed by atoms with Gasteiger partial charge in [-0.3, -0.25) is 9.59 Å². The molecule has 3 N–H and O–H groups in total. The van der Waals surface area contributed by atoms with E-state index in [9.17, 15) is 24.6 Å². The zero-order chi connectivity index (χ0) is 21.6. The molecule has 0 saturated carbocycles. The first kappa shape index (κ1) is 23.0. The zero-order valence-electron chi connectivity index (χ0n) is 16.8. The van der Waals surface area contributed by atoms with Gasteiger partial charge in [-0.25, -0.2) is 4.79 Å². The molecule has 2 rings (SSSR count). The van der Waals surface area contributed by atoms with Gasteiger partial charge in [0, 0.05) is 6.20 Å². The van der Waals surface area contributed by atoms with Gasteiger partial charge < -0.3 is 20.4 Å². The molecule has 158 valence electrons. The number of hydrogen-bond acceptors (Lipinski definition) is 5. The Labute approximate surface area is 175 Å². The minimum Gasteiger partial charge on any atom is -0.479 e. The molecule has 0 spiro atoms. The van der Waals surface area contributed by atoms with Crippen molar-refractivity contribution in [2.75, 3.05) is 0 Å². The first-order valence-electron chi connectivity index (χ1n) is 9.65. The summed E-state index contributed by atoms with van der Waals surface area (Å²) in [5, 5.41) is 23.5. The molecule has 0 aromatic heterocycles. The summed E-state index contributed by atoms with van der Waals surface area (Å²) >= 11 is 1.43. The van der Waals surface area contributed by atoms with Crippen molar-refractivity contribution in [2.24, 2.45) is 5.92 Å². The third-order valence-corrected chi connectivity index (χ3v) is 6.15. The van der Waals surface area contributed by atoms with Crippen LogP contribution in [-0.2, 0) is 20.8 Å². The van der Waals surface area contributed by atoms with Gasteiger partial charge in [-0.1, -0.05) is 51.1 Å². The van der Waals surface area contributed by atoms with Crippen molar-refractivity contribution in [2.45, 2.75) is 57.1 Å². The van der Waals surface area contributed by atoms with Crippen LogP contribution in [-0.4, -0.2) is 56.3 Å². The van der Waals surface area contributed by atoms with Gasteiger partial charge in [-0.05, 0) is 29.7 Å². The fourth-order valence-corrected chi connectivity index (χ4v) is 4.16. The van der Waals surface area contributed by atoms with E-state index >= 15 is 0 Å². The number of carboxylic acid groups (broad SMARTS) is 1. The molecular formula is C21H28N2O5S. The van der Waals surface area contributed by atoms with Crippen LogP contribution in [0.15, 0.2) is 41.9 Å². The normalized spacial score (nSPS) is 19.7. The van der Waals surface area contributed by atoms with Crippen molar-refractivity contribution in [3.05, 3.63) is 47.5 Å². The lowest BCUT2D eigenvalue weighted by molar-refractivity contribution is -0.149. The van der Waals surface area contributed by atoms with E-state index in [2.05, 4.69) is 5.32 Å². The Balaban J connectivity index is 2.19. The highest BCUT2D eigenvalue weighted by atomic mass is 32.2. The number of nitrogens with one attached hydrogen (secondary N) is 1. The highest BCUT2D eigenvalue weighted by Gasteiger charge is 2.37. The van der Waals surface area contributed by atoms with E-state index in [4.69, 9.17) is 0 Å². The molecule has 0 aliphatic carbocycles. The summed E-state index contributed by atoms with van der Waals surface area (Å²) in [4.78, 5) is 38.6. The van der Waals surface area contributed by atoms with Gasteiger partial charge in [-0.15, -0.1) is 11.8 Å². The molecule has 3 unspecified atom stereocenters. The van der Waals surface area contributed by atoms with Crippen molar-refractivity contribution >= 4 is 29.5 Å².